The summed E-state index contributed by atoms with van der Waals surface area (Å²) in [6, 6.07) is 15.0. The largest absolute Gasteiger partial charge is 0.489 e. The number of carbonyl (C=O) groups excluding carboxylic acids is 2. The van der Waals surface area contributed by atoms with Crippen molar-refractivity contribution in [3.63, 3.8) is 0 Å². The van der Waals surface area contributed by atoms with Gasteiger partial charge in [-0.2, -0.15) is 0 Å². The number of nitrogens with zero attached hydrogens (tertiary/aromatic N) is 1. The first-order chi connectivity index (χ1) is 13.9. The van der Waals surface area contributed by atoms with E-state index in [2.05, 4.69) is 5.32 Å². The number of likely N-dealkylation sites (tertiary alicyclic amines) is 1. The first-order valence-electron chi connectivity index (χ1n) is 9.92. The number of rotatable bonds is 6. The van der Waals surface area contributed by atoms with Crippen LogP contribution in [0.3, 0.4) is 0 Å². The fourth-order valence-corrected chi connectivity index (χ4v) is 3.40. The smallest absolute Gasteiger partial charge is 0.412 e. The maximum absolute atomic E-state index is 12.4. The highest BCUT2D eigenvalue weighted by Crippen LogP contribution is 2.33. The van der Waals surface area contributed by atoms with Crippen LogP contribution < -0.4 is 10.1 Å². The second-order valence-corrected chi connectivity index (χ2v) is 7.65. The average molecular weight is 396 g/mol. The molecule has 29 heavy (non-hydrogen) atoms. The Balaban J connectivity index is 1.72. The number of Topliss-reactive ketones (excluding diaryl/α,β-unsaturated/α-hetero) is 1. The number of piperidine rings is 1. The van der Waals surface area contributed by atoms with Crippen molar-refractivity contribution in [3.05, 3.63) is 59.7 Å². The maximum atomic E-state index is 12.4. The lowest BCUT2D eigenvalue weighted by Crippen LogP contribution is -2.37. The van der Waals surface area contributed by atoms with Crippen LogP contribution >= 0.6 is 0 Å². The summed E-state index contributed by atoms with van der Waals surface area (Å²) in [4.78, 5) is 26.7. The molecule has 1 aliphatic heterocycles. The third-order valence-corrected chi connectivity index (χ3v) is 4.83. The molecule has 0 aromatic heterocycles. The summed E-state index contributed by atoms with van der Waals surface area (Å²) < 4.78 is 11.2. The highest BCUT2D eigenvalue weighted by Gasteiger charge is 2.27. The SMILES string of the molecule is CC(C)Oc1cc([C@H]2CCN(C)CC2=O)ccc1NC(=O)OCc1ccccc1. The van der Waals surface area contributed by atoms with Crippen LogP contribution in [0.5, 0.6) is 5.75 Å². The molecule has 3 rings (SSSR count). The van der Waals surface area contributed by atoms with Gasteiger partial charge < -0.3 is 9.47 Å². The predicted molar refractivity (Wildman–Crippen MR) is 112 cm³/mol. The molecule has 0 radical (unpaired) electrons. The van der Waals surface area contributed by atoms with E-state index in [1.54, 1.807) is 6.07 Å². The Morgan fingerprint density at radius 1 is 1.21 bits per heavy atom. The first kappa shape index (κ1) is 20.9. The molecule has 6 heteroatoms. The van der Waals surface area contributed by atoms with Crippen LogP contribution in [0.4, 0.5) is 10.5 Å². The van der Waals surface area contributed by atoms with Crippen LogP contribution in [0.15, 0.2) is 48.5 Å². The van der Waals surface area contributed by atoms with Crippen molar-refractivity contribution in [2.45, 2.75) is 38.9 Å². The molecule has 0 bridgehead atoms. The third-order valence-electron chi connectivity index (χ3n) is 4.83. The number of ether oxygens (including phenoxy) is 2. The van der Waals surface area contributed by atoms with Crippen LogP contribution in [-0.2, 0) is 16.1 Å². The third kappa shape index (κ3) is 5.81. The van der Waals surface area contributed by atoms with Gasteiger partial charge in [0, 0.05) is 5.92 Å². The fraction of sp³-hybridized carbons (Fsp3) is 0.391. The Hall–Kier alpha value is -2.86. The van der Waals surface area contributed by atoms with Gasteiger partial charge in [0.15, 0.2) is 5.78 Å². The molecule has 2 aromatic rings. The zero-order chi connectivity index (χ0) is 20.8. The molecule has 0 spiro atoms. The molecule has 6 nitrogen and oxygen atoms in total. The highest BCUT2D eigenvalue weighted by molar-refractivity contribution is 5.90. The minimum atomic E-state index is -0.550. The Morgan fingerprint density at radius 3 is 2.66 bits per heavy atom. The monoisotopic (exact) mass is 396 g/mol. The predicted octanol–water partition coefficient (Wildman–Crippen LogP) is 4.21. The average Bonchev–Trinajstić information content (AvgIpc) is 2.68. The summed E-state index contributed by atoms with van der Waals surface area (Å²) in [6.45, 7) is 5.37. The summed E-state index contributed by atoms with van der Waals surface area (Å²) >= 11 is 0. The van der Waals surface area contributed by atoms with Gasteiger partial charge in [0.25, 0.3) is 0 Å². The Morgan fingerprint density at radius 2 is 1.97 bits per heavy atom. The molecule has 1 heterocycles. The summed E-state index contributed by atoms with van der Waals surface area (Å²) in [5, 5.41) is 2.76. The van der Waals surface area contributed by atoms with E-state index in [0.29, 0.717) is 18.0 Å². The van der Waals surface area contributed by atoms with Gasteiger partial charge in [0.05, 0.1) is 18.3 Å². The van der Waals surface area contributed by atoms with Crippen LogP contribution in [0, 0.1) is 0 Å². The lowest BCUT2D eigenvalue weighted by atomic mass is 9.88. The number of benzene rings is 2. The number of carbonyl (C=O) groups is 2. The molecular formula is C23H28N2O4. The van der Waals surface area contributed by atoms with Gasteiger partial charge in [-0.15, -0.1) is 0 Å². The minimum Gasteiger partial charge on any atom is -0.489 e. The van der Waals surface area contributed by atoms with Crippen LogP contribution in [0.1, 0.15) is 37.3 Å². The molecule has 0 unspecified atom stereocenters. The quantitative estimate of drug-likeness (QED) is 0.792. The summed E-state index contributed by atoms with van der Waals surface area (Å²) in [7, 11) is 1.95. The molecule has 1 amide bonds. The van der Waals surface area contributed by atoms with Crippen molar-refractivity contribution in [2.24, 2.45) is 0 Å². The van der Waals surface area contributed by atoms with Crippen molar-refractivity contribution >= 4 is 17.6 Å². The van der Waals surface area contributed by atoms with Gasteiger partial charge in [0.1, 0.15) is 12.4 Å². The van der Waals surface area contributed by atoms with Crippen molar-refractivity contribution in [2.75, 3.05) is 25.5 Å². The van der Waals surface area contributed by atoms with Gasteiger partial charge in [-0.25, -0.2) is 4.79 Å². The topological polar surface area (TPSA) is 67.9 Å². The van der Waals surface area contributed by atoms with Gasteiger partial charge in [-0.3, -0.25) is 15.0 Å². The first-order valence-corrected chi connectivity index (χ1v) is 9.92. The van der Waals surface area contributed by atoms with Crippen LogP contribution in [0.2, 0.25) is 0 Å². The summed E-state index contributed by atoms with van der Waals surface area (Å²) in [5.74, 6) is 0.609. The molecule has 154 valence electrons. The number of hydrogen-bond acceptors (Lipinski definition) is 5. The number of nitrogens with one attached hydrogen (secondary N) is 1. The van der Waals surface area contributed by atoms with Gasteiger partial charge in [-0.05, 0) is 57.1 Å². The molecular weight excluding hydrogens is 368 g/mol. The van der Waals surface area contributed by atoms with Crippen LogP contribution in [0.25, 0.3) is 0 Å². The normalized spacial score (nSPS) is 17.2. The molecule has 1 saturated heterocycles. The van der Waals surface area contributed by atoms with Gasteiger partial charge in [0.2, 0.25) is 0 Å². The molecule has 0 aliphatic carbocycles. The lowest BCUT2D eigenvalue weighted by molar-refractivity contribution is -0.123. The lowest BCUT2D eigenvalue weighted by Gasteiger charge is -2.28. The molecule has 1 aliphatic rings. The number of amides is 1. The molecule has 2 aromatic carbocycles. The summed E-state index contributed by atoms with van der Waals surface area (Å²) in [5.41, 5.74) is 2.36. The Bertz CT molecular complexity index is 851. The van der Waals surface area contributed by atoms with E-state index in [1.807, 2.05) is 68.3 Å². The number of anilines is 1. The van der Waals surface area contributed by atoms with E-state index in [4.69, 9.17) is 9.47 Å². The molecule has 1 fully saturated rings. The van der Waals surface area contributed by atoms with Crippen molar-refractivity contribution in [1.29, 1.82) is 0 Å². The van der Waals surface area contributed by atoms with E-state index in [1.165, 1.54) is 0 Å². The molecule has 0 saturated carbocycles. The molecule has 1 N–H and O–H groups in total. The zero-order valence-corrected chi connectivity index (χ0v) is 17.2. The zero-order valence-electron chi connectivity index (χ0n) is 17.2. The maximum Gasteiger partial charge on any atom is 0.412 e. The minimum absolute atomic E-state index is 0.0701. The second-order valence-electron chi connectivity index (χ2n) is 7.65. The molecule has 1 atom stereocenters. The summed E-state index contributed by atoms with van der Waals surface area (Å²) in [6.07, 6.45) is 0.160. The van der Waals surface area contributed by atoms with E-state index in [-0.39, 0.29) is 24.4 Å². The standard InChI is InChI=1S/C23H28N2O4/c1-16(2)29-22-13-18(19-11-12-25(3)14-21(19)26)9-10-20(22)24-23(27)28-15-17-7-5-4-6-8-17/h4-10,13,16,19H,11-12,14-15H2,1-3H3,(H,24,27)/t19-/m1/s1. The number of ketones is 1. The Labute approximate surface area is 171 Å². The van der Waals surface area contributed by atoms with E-state index < -0.39 is 6.09 Å². The second kappa shape index (κ2) is 9.56. The van der Waals surface area contributed by atoms with Crippen molar-refractivity contribution in [1.82, 2.24) is 4.90 Å². The van der Waals surface area contributed by atoms with E-state index >= 15 is 0 Å². The van der Waals surface area contributed by atoms with Crippen molar-refractivity contribution < 1.29 is 19.1 Å². The fourth-order valence-electron chi connectivity index (χ4n) is 3.40. The van der Waals surface area contributed by atoms with E-state index in [0.717, 1.165) is 24.1 Å². The number of hydrogen-bond donors (Lipinski definition) is 1. The van der Waals surface area contributed by atoms with Crippen LogP contribution in [-0.4, -0.2) is 43.0 Å². The van der Waals surface area contributed by atoms with Crippen molar-refractivity contribution in [3.8, 4) is 5.75 Å². The van der Waals surface area contributed by atoms with Gasteiger partial charge in [-0.1, -0.05) is 36.4 Å². The van der Waals surface area contributed by atoms with Gasteiger partial charge >= 0.3 is 6.09 Å². The highest BCUT2D eigenvalue weighted by atomic mass is 16.5. The Kier molecular flexibility index (Phi) is 6.88. The number of likely N-dealkylation sites (N-methyl/N-ethyl adjacent to an activating group) is 1. The van der Waals surface area contributed by atoms with E-state index in [9.17, 15) is 9.59 Å².